The Morgan fingerprint density at radius 2 is 2.30 bits per heavy atom. The van der Waals surface area contributed by atoms with E-state index in [9.17, 15) is 13.2 Å². The molecular weight excluding hydrogens is 167 g/mol. The molecule has 0 unspecified atom stereocenters. The molecule has 0 saturated carbocycles. The second kappa shape index (κ2) is 2.69. The van der Waals surface area contributed by atoms with Crippen LogP contribution < -0.4 is 0 Å². The van der Waals surface area contributed by atoms with E-state index in [0.29, 0.717) is 0 Å². The number of rotatable bonds is 0. The van der Waals surface area contributed by atoms with E-state index >= 15 is 0 Å². The minimum atomic E-state index is -4.61. The van der Waals surface area contributed by atoms with E-state index in [0.717, 1.165) is 11.8 Å². The normalized spacial score (nSPS) is 18.9. The molecule has 0 N–H and O–H groups in total. The van der Waals surface area contributed by atoms with E-state index in [4.69, 9.17) is 0 Å². The number of halogens is 3. The Kier molecular flexibility index (Phi) is 2.08. The van der Waals surface area contributed by atoms with Crippen LogP contribution in [0.15, 0.2) is 4.99 Å². The van der Waals surface area contributed by atoms with Gasteiger partial charge in [-0.3, -0.25) is 0 Å². The van der Waals surface area contributed by atoms with Gasteiger partial charge in [0.1, 0.15) is 0 Å². The van der Waals surface area contributed by atoms with Crippen LogP contribution in [0.2, 0.25) is 0 Å². The van der Waals surface area contributed by atoms with E-state index in [1.54, 1.807) is 0 Å². The van der Waals surface area contributed by atoms with E-state index < -0.39 is 6.36 Å². The van der Waals surface area contributed by atoms with Gasteiger partial charge in [-0.15, -0.1) is 13.2 Å². The molecule has 1 aliphatic rings. The third-order valence-electron chi connectivity index (χ3n) is 0.682. The van der Waals surface area contributed by atoms with Crippen LogP contribution in [0.3, 0.4) is 0 Å². The van der Waals surface area contributed by atoms with Crippen molar-refractivity contribution in [2.75, 3.05) is 6.54 Å². The highest BCUT2D eigenvalue weighted by Crippen LogP contribution is 2.25. The van der Waals surface area contributed by atoms with E-state index in [-0.39, 0.29) is 11.8 Å². The molecule has 0 saturated heterocycles. The van der Waals surface area contributed by atoms with Gasteiger partial charge in [0.25, 0.3) is 5.23 Å². The molecule has 0 aromatic rings. The average molecular weight is 170 g/mol. The van der Waals surface area contributed by atoms with Crippen LogP contribution in [-0.4, -0.2) is 18.1 Å². The second-order valence-corrected chi connectivity index (χ2v) is 2.36. The average Bonchev–Trinajstić information content (AvgIpc) is 2.12. The fraction of sp³-hybridized carbons (Fsp3) is 0.500. The molecule has 0 aromatic heterocycles. The Bertz CT molecular complexity index is 155. The summed E-state index contributed by atoms with van der Waals surface area (Å²) in [6.07, 6.45) is -4.61. The molecule has 0 amide bonds. The van der Waals surface area contributed by atoms with Gasteiger partial charge in [0.05, 0.1) is 6.54 Å². The lowest BCUT2D eigenvalue weighted by atomic mass is 10.8. The summed E-state index contributed by atoms with van der Waals surface area (Å²) in [5.74, 6) is 1.53. The first-order valence-electron chi connectivity index (χ1n) is 2.36. The summed E-state index contributed by atoms with van der Waals surface area (Å²) in [4.78, 5) is 3.40. The lowest BCUT2D eigenvalue weighted by Crippen LogP contribution is -2.15. The van der Waals surface area contributed by atoms with Crippen molar-refractivity contribution in [3.8, 4) is 0 Å². The van der Waals surface area contributed by atoms with Crippen LogP contribution in [0.4, 0.5) is 13.2 Å². The lowest BCUT2D eigenvalue weighted by molar-refractivity contribution is -0.281. The first-order chi connectivity index (χ1) is 4.58. The third-order valence-corrected chi connectivity index (χ3v) is 1.41. The zero-order valence-corrected chi connectivity index (χ0v) is 5.50. The molecule has 0 atom stereocenters. The number of hydrogen-bond donors (Lipinski definition) is 0. The lowest BCUT2D eigenvalue weighted by Gasteiger charge is -2.05. The van der Waals surface area contributed by atoms with Crippen molar-refractivity contribution in [3.63, 3.8) is 0 Å². The molecule has 2 nitrogen and oxygen atoms in total. The molecule has 1 rings (SSSR count). The Balaban J connectivity index is 2.38. The first-order valence-corrected chi connectivity index (χ1v) is 3.24. The second-order valence-electron chi connectivity index (χ2n) is 1.44. The highest BCUT2D eigenvalue weighted by Gasteiger charge is 2.33. The summed E-state index contributed by atoms with van der Waals surface area (Å²) in [5, 5.41) is -0.326. The van der Waals surface area contributed by atoms with Gasteiger partial charge in [0, 0.05) is 5.75 Å². The van der Waals surface area contributed by atoms with Crippen molar-refractivity contribution in [1.82, 2.24) is 0 Å². The molecule has 0 aromatic carbocycles. The summed E-state index contributed by atoms with van der Waals surface area (Å²) in [6, 6.07) is 0. The van der Waals surface area contributed by atoms with Crippen molar-refractivity contribution >= 4 is 17.0 Å². The van der Waals surface area contributed by atoms with Gasteiger partial charge in [-0.05, 0) is 0 Å². The molecule has 0 spiro atoms. The SMILES string of the molecule is FC(F)(F)OC1=NC[CH]S1. The maximum Gasteiger partial charge on any atom is 0.574 e. The minimum absolute atomic E-state index is 0.288. The summed E-state index contributed by atoms with van der Waals surface area (Å²) in [6.45, 7) is 0.288. The van der Waals surface area contributed by atoms with Crippen LogP contribution in [-0.2, 0) is 4.74 Å². The molecule has 1 heterocycles. The fourth-order valence-corrected chi connectivity index (χ4v) is 0.996. The maximum absolute atomic E-state index is 11.4. The smallest absolute Gasteiger partial charge is 0.382 e. The zero-order valence-electron chi connectivity index (χ0n) is 4.68. The van der Waals surface area contributed by atoms with Gasteiger partial charge in [-0.2, -0.15) is 0 Å². The summed E-state index contributed by atoms with van der Waals surface area (Å²) < 4.78 is 37.6. The predicted octanol–water partition coefficient (Wildman–Crippen LogP) is 1.79. The number of thioether (sulfide) groups is 1. The molecule has 1 radical (unpaired) electrons. The number of ether oxygens (including phenoxy) is 1. The van der Waals surface area contributed by atoms with Crippen LogP contribution in [0.1, 0.15) is 0 Å². The largest absolute Gasteiger partial charge is 0.574 e. The number of aliphatic imine (C=N–C) groups is 1. The summed E-state index contributed by atoms with van der Waals surface area (Å²) >= 11 is 0.852. The van der Waals surface area contributed by atoms with Crippen molar-refractivity contribution < 1.29 is 17.9 Å². The third kappa shape index (κ3) is 2.47. The molecule has 1 aliphatic heterocycles. The van der Waals surface area contributed by atoms with Crippen molar-refractivity contribution in [3.05, 3.63) is 5.75 Å². The standard InChI is InChI=1S/C4H3F3NOS/c5-4(6,7)9-3-8-1-2-10-3/h2H,1H2. The van der Waals surface area contributed by atoms with E-state index in [1.807, 2.05) is 0 Å². The quantitative estimate of drug-likeness (QED) is 0.552. The number of hydrogen-bond acceptors (Lipinski definition) is 3. The van der Waals surface area contributed by atoms with Gasteiger partial charge in [-0.25, -0.2) is 4.99 Å². The highest BCUT2D eigenvalue weighted by atomic mass is 32.2. The molecule has 0 fully saturated rings. The number of nitrogens with zero attached hydrogens (tertiary/aromatic N) is 1. The predicted molar refractivity (Wildman–Crippen MR) is 31.3 cm³/mol. The van der Waals surface area contributed by atoms with Gasteiger partial charge >= 0.3 is 6.36 Å². The topological polar surface area (TPSA) is 21.6 Å². The van der Waals surface area contributed by atoms with Gasteiger partial charge in [0.2, 0.25) is 0 Å². The molecule has 0 bridgehead atoms. The van der Waals surface area contributed by atoms with Crippen LogP contribution in [0.25, 0.3) is 0 Å². The Labute approximate surface area is 59.5 Å². The van der Waals surface area contributed by atoms with Gasteiger partial charge < -0.3 is 4.74 Å². The van der Waals surface area contributed by atoms with E-state index in [2.05, 4.69) is 9.73 Å². The summed E-state index contributed by atoms with van der Waals surface area (Å²) in [7, 11) is 0. The summed E-state index contributed by atoms with van der Waals surface area (Å²) in [5.41, 5.74) is 0. The van der Waals surface area contributed by atoms with Crippen LogP contribution >= 0.6 is 11.8 Å². The van der Waals surface area contributed by atoms with Crippen LogP contribution in [0, 0.1) is 5.75 Å². The van der Waals surface area contributed by atoms with E-state index in [1.165, 1.54) is 5.75 Å². The Morgan fingerprint density at radius 3 is 2.70 bits per heavy atom. The van der Waals surface area contributed by atoms with Crippen LogP contribution in [0.5, 0.6) is 0 Å². The van der Waals surface area contributed by atoms with Crippen molar-refractivity contribution in [1.29, 1.82) is 0 Å². The molecule has 0 aliphatic carbocycles. The molecule has 6 heteroatoms. The van der Waals surface area contributed by atoms with Gasteiger partial charge in [0.15, 0.2) is 0 Å². The van der Waals surface area contributed by atoms with Gasteiger partial charge in [-0.1, -0.05) is 11.8 Å². The molecule has 10 heavy (non-hydrogen) atoms. The fourth-order valence-electron chi connectivity index (χ4n) is 0.413. The Hall–Kier alpha value is -0.390. The first kappa shape index (κ1) is 7.71. The molecular formula is C4H3F3NOS. The molecule has 57 valence electrons. The van der Waals surface area contributed by atoms with Crippen molar-refractivity contribution in [2.45, 2.75) is 6.36 Å². The van der Waals surface area contributed by atoms with Crippen molar-refractivity contribution in [2.24, 2.45) is 4.99 Å². The maximum atomic E-state index is 11.4. The minimum Gasteiger partial charge on any atom is -0.382 e. The zero-order chi connectivity index (χ0) is 7.61. The monoisotopic (exact) mass is 170 g/mol. The highest BCUT2D eigenvalue weighted by molar-refractivity contribution is 8.15. The number of alkyl halides is 3. The Morgan fingerprint density at radius 1 is 1.60 bits per heavy atom.